The lowest BCUT2D eigenvalue weighted by atomic mass is 9.91. The molecule has 1 N–H and O–H groups in total. The molecule has 3 aromatic rings. The zero-order chi connectivity index (χ0) is 17.2. The van der Waals surface area contributed by atoms with E-state index in [9.17, 15) is 5.11 Å². The summed E-state index contributed by atoms with van der Waals surface area (Å²) >= 11 is 5.98. The third-order valence-electron chi connectivity index (χ3n) is 3.85. The second-order valence-corrected chi connectivity index (χ2v) is 6.01. The number of imidazole rings is 1. The highest BCUT2D eigenvalue weighted by Gasteiger charge is 2.41. The minimum absolute atomic E-state index is 0.157. The molecule has 0 saturated heterocycles. The van der Waals surface area contributed by atoms with Crippen LogP contribution in [0.4, 0.5) is 0 Å². The van der Waals surface area contributed by atoms with Crippen molar-refractivity contribution < 1.29 is 9.84 Å². The lowest BCUT2D eigenvalue weighted by Gasteiger charge is -2.36. The number of rotatable bonds is 6. The zero-order valence-electron chi connectivity index (χ0n) is 13.4. The van der Waals surface area contributed by atoms with E-state index in [-0.39, 0.29) is 6.54 Å². The van der Waals surface area contributed by atoms with Crippen LogP contribution in [0, 0.1) is 6.92 Å². The van der Waals surface area contributed by atoms with Crippen LogP contribution in [0.1, 0.15) is 17.5 Å². The van der Waals surface area contributed by atoms with E-state index in [4.69, 9.17) is 16.3 Å². The Labute approximate surface area is 144 Å². The molecule has 0 spiro atoms. The van der Waals surface area contributed by atoms with Crippen LogP contribution in [0.5, 0.6) is 0 Å². The molecule has 126 valence electrons. The first-order chi connectivity index (χ1) is 11.5. The fourth-order valence-corrected chi connectivity index (χ4v) is 2.87. The van der Waals surface area contributed by atoms with E-state index in [0.29, 0.717) is 10.6 Å². The maximum atomic E-state index is 11.6. The predicted molar refractivity (Wildman–Crippen MR) is 88.4 cm³/mol. The number of hydrogen-bond donors (Lipinski definition) is 1. The Morgan fingerprint density at radius 2 is 2.04 bits per heavy atom. The molecule has 0 aliphatic rings. The topological polar surface area (TPSA) is 78.0 Å². The summed E-state index contributed by atoms with van der Waals surface area (Å²) in [6.07, 6.45) is 5.71. The number of benzene rings is 1. The third-order valence-corrected chi connectivity index (χ3v) is 4.10. The average Bonchev–Trinajstić information content (AvgIpc) is 3.20. The summed E-state index contributed by atoms with van der Waals surface area (Å²) in [4.78, 5) is 8.16. The Balaban J connectivity index is 2.07. The minimum atomic E-state index is -1.40. The molecule has 2 atom stereocenters. The van der Waals surface area contributed by atoms with Crippen molar-refractivity contribution in [1.82, 2.24) is 24.3 Å². The number of methoxy groups -OCH3 is 1. The normalized spacial score (nSPS) is 15.2. The standard InChI is InChI=1S/C16H18ClN5O2/c1-12-7-21(11-19-12)15(24-2)16(23,8-22-10-18-9-20-22)13-3-5-14(17)6-4-13/h3-7,9-11,15,23H,8H2,1-2H3/t15-,16+/m1/s1. The number of ether oxygens (including phenoxy) is 1. The smallest absolute Gasteiger partial charge is 0.169 e. The predicted octanol–water partition coefficient (Wildman–Crippen LogP) is 2.17. The molecule has 1 aromatic carbocycles. The van der Waals surface area contributed by atoms with Crippen molar-refractivity contribution in [3.05, 3.63) is 65.7 Å². The van der Waals surface area contributed by atoms with E-state index in [0.717, 1.165) is 5.69 Å². The van der Waals surface area contributed by atoms with Gasteiger partial charge in [-0.15, -0.1) is 0 Å². The van der Waals surface area contributed by atoms with Crippen LogP contribution in [0.25, 0.3) is 0 Å². The lowest BCUT2D eigenvalue weighted by Crippen LogP contribution is -2.41. The van der Waals surface area contributed by atoms with Gasteiger partial charge in [-0.2, -0.15) is 5.10 Å². The Bertz CT molecular complexity index is 787. The molecule has 2 heterocycles. The summed E-state index contributed by atoms with van der Waals surface area (Å²) < 4.78 is 8.92. The Hall–Kier alpha value is -2.22. The highest BCUT2D eigenvalue weighted by atomic mass is 35.5. The number of halogens is 1. The number of aromatic nitrogens is 5. The maximum Gasteiger partial charge on any atom is 0.169 e. The molecule has 0 fully saturated rings. The van der Waals surface area contributed by atoms with Crippen molar-refractivity contribution in [2.75, 3.05) is 7.11 Å². The van der Waals surface area contributed by atoms with Crippen LogP contribution in [0.3, 0.4) is 0 Å². The molecular formula is C16H18ClN5O2. The van der Waals surface area contributed by atoms with Crippen molar-refractivity contribution in [3.8, 4) is 0 Å². The van der Waals surface area contributed by atoms with E-state index in [2.05, 4.69) is 15.1 Å². The van der Waals surface area contributed by atoms with E-state index in [1.807, 2.05) is 13.1 Å². The number of aliphatic hydroxyl groups is 1. The largest absolute Gasteiger partial charge is 0.378 e. The highest BCUT2D eigenvalue weighted by Crippen LogP contribution is 2.36. The van der Waals surface area contributed by atoms with Crippen LogP contribution in [0.15, 0.2) is 49.4 Å². The van der Waals surface area contributed by atoms with E-state index in [1.165, 1.54) is 6.33 Å². The third kappa shape index (κ3) is 3.19. The van der Waals surface area contributed by atoms with Crippen molar-refractivity contribution in [2.45, 2.75) is 25.3 Å². The maximum absolute atomic E-state index is 11.6. The van der Waals surface area contributed by atoms with Gasteiger partial charge in [-0.05, 0) is 24.6 Å². The molecule has 3 rings (SSSR count). The molecule has 0 radical (unpaired) electrons. The van der Waals surface area contributed by atoms with Crippen molar-refractivity contribution in [1.29, 1.82) is 0 Å². The first-order valence-electron chi connectivity index (χ1n) is 7.36. The molecule has 0 amide bonds. The minimum Gasteiger partial charge on any atom is -0.378 e. The molecule has 0 aliphatic carbocycles. The molecule has 0 saturated carbocycles. The summed E-state index contributed by atoms with van der Waals surface area (Å²) in [6, 6.07) is 7.01. The average molecular weight is 348 g/mol. The first kappa shape index (κ1) is 16.6. The number of aryl methyl sites for hydroxylation is 1. The van der Waals surface area contributed by atoms with Crippen LogP contribution >= 0.6 is 11.6 Å². The van der Waals surface area contributed by atoms with Gasteiger partial charge in [0, 0.05) is 18.3 Å². The lowest BCUT2D eigenvalue weighted by molar-refractivity contribution is -0.148. The van der Waals surface area contributed by atoms with Gasteiger partial charge in [-0.3, -0.25) is 0 Å². The molecule has 0 bridgehead atoms. The van der Waals surface area contributed by atoms with Gasteiger partial charge in [0.25, 0.3) is 0 Å². The molecule has 0 unspecified atom stereocenters. The molecular weight excluding hydrogens is 330 g/mol. The van der Waals surface area contributed by atoms with Gasteiger partial charge in [-0.1, -0.05) is 23.7 Å². The van der Waals surface area contributed by atoms with Crippen LogP contribution in [-0.2, 0) is 16.9 Å². The quantitative estimate of drug-likeness (QED) is 0.739. The van der Waals surface area contributed by atoms with Gasteiger partial charge in [0.15, 0.2) is 11.8 Å². The number of hydrogen-bond acceptors (Lipinski definition) is 5. The molecule has 24 heavy (non-hydrogen) atoms. The summed E-state index contributed by atoms with van der Waals surface area (Å²) in [7, 11) is 1.54. The second-order valence-electron chi connectivity index (χ2n) is 5.57. The highest BCUT2D eigenvalue weighted by molar-refractivity contribution is 6.30. The summed E-state index contributed by atoms with van der Waals surface area (Å²) in [5.41, 5.74) is 0.0806. The fourth-order valence-electron chi connectivity index (χ4n) is 2.74. The van der Waals surface area contributed by atoms with Gasteiger partial charge in [0.05, 0.1) is 18.6 Å². The van der Waals surface area contributed by atoms with Crippen LogP contribution in [-0.4, -0.2) is 36.5 Å². The Morgan fingerprint density at radius 3 is 2.58 bits per heavy atom. The van der Waals surface area contributed by atoms with E-state index in [1.54, 1.807) is 53.3 Å². The van der Waals surface area contributed by atoms with E-state index >= 15 is 0 Å². The van der Waals surface area contributed by atoms with E-state index < -0.39 is 11.8 Å². The van der Waals surface area contributed by atoms with Gasteiger partial charge in [0.2, 0.25) is 0 Å². The summed E-state index contributed by atoms with van der Waals surface area (Å²) in [5.74, 6) is 0. The number of nitrogens with zero attached hydrogens (tertiary/aromatic N) is 5. The van der Waals surface area contributed by atoms with Crippen LogP contribution < -0.4 is 0 Å². The Morgan fingerprint density at radius 1 is 1.29 bits per heavy atom. The fraction of sp³-hybridized carbons (Fsp3) is 0.312. The van der Waals surface area contributed by atoms with Gasteiger partial charge < -0.3 is 14.4 Å². The van der Waals surface area contributed by atoms with Gasteiger partial charge in [0.1, 0.15) is 12.7 Å². The van der Waals surface area contributed by atoms with Crippen molar-refractivity contribution in [2.24, 2.45) is 0 Å². The molecule has 0 aliphatic heterocycles. The molecule has 2 aromatic heterocycles. The van der Waals surface area contributed by atoms with Gasteiger partial charge >= 0.3 is 0 Å². The van der Waals surface area contributed by atoms with Crippen molar-refractivity contribution >= 4 is 11.6 Å². The molecule has 8 heteroatoms. The SMILES string of the molecule is CO[C@@H](n1cnc(C)c1)[C@](O)(Cn1cncn1)c1ccc(Cl)cc1. The summed E-state index contributed by atoms with van der Waals surface area (Å²) in [5, 5.41) is 16.3. The zero-order valence-corrected chi connectivity index (χ0v) is 14.1. The van der Waals surface area contributed by atoms with Crippen molar-refractivity contribution in [3.63, 3.8) is 0 Å². The Kier molecular flexibility index (Phi) is 4.66. The second kappa shape index (κ2) is 6.72. The monoisotopic (exact) mass is 347 g/mol. The van der Waals surface area contributed by atoms with Gasteiger partial charge in [-0.25, -0.2) is 14.6 Å². The molecule has 7 nitrogen and oxygen atoms in total. The first-order valence-corrected chi connectivity index (χ1v) is 7.74. The van der Waals surface area contributed by atoms with Crippen LogP contribution in [0.2, 0.25) is 5.02 Å². The summed E-state index contributed by atoms with van der Waals surface area (Å²) in [6.45, 7) is 2.03.